The monoisotopic (exact) mass is 264 g/mol. The summed E-state index contributed by atoms with van der Waals surface area (Å²) in [5, 5.41) is 12.9. The van der Waals surface area contributed by atoms with Crippen LogP contribution in [0.25, 0.3) is 9.88 Å². The van der Waals surface area contributed by atoms with E-state index in [4.69, 9.17) is 10.00 Å². The molecule has 1 atom stereocenters. The molecule has 17 heavy (non-hydrogen) atoms. The highest BCUT2D eigenvalue weighted by Crippen LogP contribution is 2.27. The second-order valence-corrected chi connectivity index (χ2v) is 5.00. The lowest BCUT2D eigenvalue weighted by atomic mass is 10.4. The lowest BCUT2D eigenvalue weighted by Gasteiger charge is -2.02. The molecule has 0 aliphatic carbocycles. The van der Waals surface area contributed by atoms with Gasteiger partial charge < -0.3 is 4.74 Å². The van der Waals surface area contributed by atoms with Crippen LogP contribution in [0.4, 0.5) is 0 Å². The maximum absolute atomic E-state index is 11.6. The zero-order valence-electron chi connectivity index (χ0n) is 8.91. The molecular weight excluding hydrogens is 256 g/mol. The number of esters is 1. The number of thiophene rings is 1. The highest BCUT2D eigenvalue weighted by Gasteiger charge is 2.15. The fraction of sp³-hybridized carbons (Fsp3) is 0.182. The summed E-state index contributed by atoms with van der Waals surface area (Å²) in [6.45, 7) is 1.52. The third kappa shape index (κ3) is 2.70. The van der Waals surface area contributed by atoms with E-state index in [2.05, 4.69) is 4.98 Å². The van der Waals surface area contributed by atoms with Crippen LogP contribution in [0.1, 0.15) is 17.4 Å². The number of nitrogens with zero attached hydrogens (tertiary/aromatic N) is 2. The summed E-state index contributed by atoms with van der Waals surface area (Å²) in [6.07, 6.45) is -0.755. The summed E-state index contributed by atoms with van der Waals surface area (Å²) >= 11 is 2.95. The van der Waals surface area contributed by atoms with Gasteiger partial charge in [-0.15, -0.1) is 22.7 Å². The summed E-state index contributed by atoms with van der Waals surface area (Å²) in [5.41, 5.74) is 0.250. The fourth-order valence-corrected chi connectivity index (χ4v) is 2.73. The minimum atomic E-state index is -0.755. The Bertz CT molecular complexity index is 554. The van der Waals surface area contributed by atoms with E-state index in [0.717, 1.165) is 9.88 Å². The Morgan fingerprint density at radius 2 is 2.41 bits per heavy atom. The Morgan fingerprint density at radius 3 is 3.06 bits per heavy atom. The summed E-state index contributed by atoms with van der Waals surface area (Å²) < 4.78 is 4.86. The number of hydrogen-bond acceptors (Lipinski definition) is 6. The number of ether oxygens (including phenoxy) is 1. The average Bonchev–Trinajstić information content (AvgIpc) is 2.98. The second kappa shape index (κ2) is 5.08. The van der Waals surface area contributed by atoms with Gasteiger partial charge >= 0.3 is 5.97 Å². The maximum Gasteiger partial charge on any atom is 0.359 e. The second-order valence-electron chi connectivity index (χ2n) is 3.19. The van der Waals surface area contributed by atoms with Crippen LogP contribution in [0.3, 0.4) is 0 Å². The maximum atomic E-state index is 11.6. The van der Waals surface area contributed by atoms with Gasteiger partial charge in [-0.1, -0.05) is 6.07 Å². The van der Waals surface area contributed by atoms with Gasteiger partial charge in [0.05, 0.1) is 4.88 Å². The average molecular weight is 264 g/mol. The summed E-state index contributed by atoms with van der Waals surface area (Å²) in [7, 11) is 0. The molecule has 0 saturated carbocycles. The molecule has 4 nitrogen and oxygen atoms in total. The normalized spacial score (nSPS) is 11.8. The molecule has 0 unspecified atom stereocenters. The van der Waals surface area contributed by atoms with Crippen LogP contribution in [-0.4, -0.2) is 17.1 Å². The van der Waals surface area contributed by atoms with Crippen molar-refractivity contribution in [2.24, 2.45) is 0 Å². The molecule has 0 bridgehead atoms. The zero-order valence-corrected chi connectivity index (χ0v) is 10.5. The van der Waals surface area contributed by atoms with Crippen LogP contribution in [0.2, 0.25) is 0 Å². The molecule has 2 aromatic rings. The molecule has 0 N–H and O–H groups in total. The first-order chi connectivity index (χ1) is 8.20. The Kier molecular flexibility index (Phi) is 3.52. The van der Waals surface area contributed by atoms with E-state index in [9.17, 15) is 4.79 Å². The van der Waals surface area contributed by atoms with Crippen molar-refractivity contribution in [2.75, 3.05) is 0 Å². The van der Waals surface area contributed by atoms with Crippen molar-refractivity contribution in [1.82, 2.24) is 4.98 Å². The van der Waals surface area contributed by atoms with Crippen LogP contribution in [0.5, 0.6) is 0 Å². The molecule has 0 amide bonds. The van der Waals surface area contributed by atoms with Gasteiger partial charge in [0.25, 0.3) is 0 Å². The Labute approximate surface area is 106 Å². The van der Waals surface area contributed by atoms with Gasteiger partial charge in [0.2, 0.25) is 0 Å². The van der Waals surface area contributed by atoms with Gasteiger partial charge in [0.15, 0.2) is 11.8 Å². The minimum Gasteiger partial charge on any atom is -0.443 e. The van der Waals surface area contributed by atoms with E-state index in [-0.39, 0.29) is 5.69 Å². The quantitative estimate of drug-likeness (QED) is 0.799. The standard InChI is InChI=1S/C11H8N2O2S2/c1-7(5-12)15-11(14)8-6-17-10(13-8)9-3-2-4-16-9/h2-4,6-7H,1H3/t7-/m1/s1. The summed E-state index contributed by atoms with van der Waals surface area (Å²) in [4.78, 5) is 16.8. The molecule has 0 fully saturated rings. The van der Waals surface area contributed by atoms with E-state index in [1.54, 1.807) is 16.7 Å². The predicted octanol–water partition coefficient (Wildman–Crippen LogP) is 2.94. The van der Waals surface area contributed by atoms with Crippen molar-refractivity contribution in [3.05, 3.63) is 28.6 Å². The molecule has 86 valence electrons. The topological polar surface area (TPSA) is 63.0 Å². The van der Waals surface area contributed by atoms with E-state index >= 15 is 0 Å². The molecule has 0 aliphatic heterocycles. The summed E-state index contributed by atoms with van der Waals surface area (Å²) in [5.74, 6) is -0.557. The summed E-state index contributed by atoms with van der Waals surface area (Å²) in [6, 6.07) is 5.70. The highest BCUT2D eigenvalue weighted by atomic mass is 32.1. The Balaban J connectivity index is 2.14. The number of aromatic nitrogens is 1. The minimum absolute atomic E-state index is 0.250. The molecule has 2 aromatic heterocycles. The number of rotatable bonds is 3. The van der Waals surface area contributed by atoms with Crippen LogP contribution >= 0.6 is 22.7 Å². The lowest BCUT2D eigenvalue weighted by Crippen LogP contribution is -2.13. The molecule has 0 spiro atoms. The molecule has 0 saturated heterocycles. The van der Waals surface area contributed by atoms with Gasteiger partial charge in [-0.2, -0.15) is 5.26 Å². The molecular formula is C11H8N2O2S2. The zero-order chi connectivity index (χ0) is 12.3. The smallest absolute Gasteiger partial charge is 0.359 e. The molecule has 0 aliphatic rings. The van der Waals surface area contributed by atoms with Crippen molar-refractivity contribution in [1.29, 1.82) is 5.26 Å². The largest absolute Gasteiger partial charge is 0.443 e. The van der Waals surface area contributed by atoms with Crippen molar-refractivity contribution >= 4 is 28.6 Å². The Morgan fingerprint density at radius 1 is 1.59 bits per heavy atom. The van der Waals surface area contributed by atoms with Gasteiger partial charge in [-0.25, -0.2) is 9.78 Å². The third-order valence-electron chi connectivity index (χ3n) is 1.91. The first-order valence-corrected chi connectivity index (χ1v) is 6.56. The molecule has 2 heterocycles. The van der Waals surface area contributed by atoms with E-state index in [1.165, 1.54) is 18.3 Å². The molecule has 0 radical (unpaired) electrons. The predicted molar refractivity (Wildman–Crippen MR) is 65.9 cm³/mol. The fourth-order valence-electron chi connectivity index (χ4n) is 1.13. The van der Waals surface area contributed by atoms with Gasteiger partial charge in [0.1, 0.15) is 11.1 Å². The number of hydrogen-bond donors (Lipinski definition) is 0. The van der Waals surface area contributed by atoms with Crippen LogP contribution in [-0.2, 0) is 4.74 Å². The number of carbonyl (C=O) groups is 1. The van der Waals surface area contributed by atoms with Gasteiger partial charge in [-0.3, -0.25) is 0 Å². The lowest BCUT2D eigenvalue weighted by molar-refractivity contribution is 0.0429. The van der Waals surface area contributed by atoms with Gasteiger partial charge in [0, 0.05) is 5.38 Å². The first kappa shape index (κ1) is 11.8. The van der Waals surface area contributed by atoms with E-state index in [1.807, 2.05) is 23.6 Å². The van der Waals surface area contributed by atoms with Crippen LogP contribution in [0.15, 0.2) is 22.9 Å². The van der Waals surface area contributed by atoms with Crippen LogP contribution < -0.4 is 0 Å². The van der Waals surface area contributed by atoms with Crippen molar-refractivity contribution in [3.8, 4) is 16.0 Å². The number of carbonyl (C=O) groups excluding carboxylic acids is 1. The first-order valence-electron chi connectivity index (χ1n) is 4.80. The van der Waals surface area contributed by atoms with E-state index in [0.29, 0.717) is 0 Å². The van der Waals surface area contributed by atoms with Crippen molar-refractivity contribution in [2.45, 2.75) is 13.0 Å². The number of thiazole rings is 1. The van der Waals surface area contributed by atoms with Crippen LogP contribution in [0, 0.1) is 11.3 Å². The Hall–Kier alpha value is -1.71. The molecule has 0 aromatic carbocycles. The number of nitriles is 1. The molecule has 6 heteroatoms. The molecule has 2 rings (SSSR count). The third-order valence-corrected chi connectivity index (χ3v) is 3.79. The van der Waals surface area contributed by atoms with Gasteiger partial charge in [-0.05, 0) is 18.4 Å². The highest BCUT2D eigenvalue weighted by molar-refractivity contribution is 7.20. The SMILES string of the molecule is C[C@H](C#N)OC(=O)c1csc(-c2cccs2)n1. The van der Waals surface area contributed by atoms with E-state index < -0.39 is 12.1 Å². The van der Waals surface area contributed by atoms with Crippen molar-refractivity contribution < 1.29 is 9.53 Å². The van der Waals surface area contributed by atoms with Crippen molar-refractivity contribution in [3.63, 3.8) is 0 Å².